The van der Waals surface area contributed by atoms with Crippen LogP contribution in [-0.4, -0.2) is 25.9 Å². The van der Waals surface area contributed by atoms with Crippen molar-refractivity contribution in [1.82, 2.24) is 25.1 Å². The van der Waals surface area contributed by atoms with Crippen molar-refractivity contribution < 1.29 is 0 Å². The van der Waals surface area contributed by atoms with Gasteiger partial charge in [-0.2, -0.15) is 9.61 Å². The van der Waals surface area contributed by atoms with E-state index in [4.69, 9.17) is 0 Å². The second-order valence-electron chi connectivity index (χ2n) is 3.85. The van der Waals surface area contributed by atoms with Crippen LogP contribution in [0.4, 0.5) is 0 Å². The predicted molar refractivity (Wildman–Crippen MR) is 64.6 cm³/mol. The predicted octanol–water partition coefficient (Wildman–Crippen LogP) is 1.64. The third kappa shape index (κ3) is 2.22. The standard InChI is InChI=1S/C10H17N5S/c1-4-7(3)11-6-9-14-15-8(5-2)12-13-10(15)16-9/h7,11H,4-6H2,1-3H3. The fraction of sp³-hybridized carbons (Fsp3) is 0.700. The first-order chi connectivity index (χ1) is 7.74. The smallest absolute Gasteiger partial charge is 0.234 e. The second-order valence-corrected chi connectivity index (χ2v) is 4.89. The summed E-state index contributed by atoms with van der Waals surface area (Å²) >= 11 is 1.60. The van der Waals surface area contributed by atoms with Crippen molar-refractivity contribution in [3.05, 3.63) is 10.8 Å². The van der Waals surface area contributed by atoms with E-state index in [1.807, 2.05) is 4.52 Å². The van der Waals surface area contributed by atoms with Gasteiger partial charge >= 0.3 is 0 Å². The molecular formula is C10H17N5S. The van der Waals surface area contributed by atoms with Crippen LogP contribution in [0.25, 0.3) is 4.96 Å². The minimum absolute atomic E-state index is 0.528. The van der Waals surface area contributed by atoms with Gasteiger partial charge in [0, 0.05) is 19.0 Å². The van der Waals surface area contributed by atoms with E-state index in [-0.39, 0.29) is 0 Å². The van der Waals surface area contributed by atoms with Gasteiger partial charge in [-0.1, -0.05) is 25.2 Å². The highest BCUT2D eigenvalue weighted by Crippen LogP contribution is 2.14. The Kier molecular flexibility index (Phi) is 3.50. The van der Waals surface area contributed by atoms with Crippen LogP contribution < -0.4 is 5.32 Å². The molecule has 2 aromatic heterocycles. The molecule has 0 bridgehead atoms. The van der Waals surface area contributed by atoms with Crippen molar-refractivity contribution in [3.63, 3.8) is 0 Å². The molecule has 0 fully saturated rings. The van der Waals surface area contributed by atoms with Gasteiger partial charge in [-0.25, -0.2) is 0 Å². The van der Waals surface area contributed by atoms with Crippen molar-refractivity contribution in [2.24, 2.45) is 0 Å². The average Bonchev–Trinajstić information content (AvgIpc) is 2.84. The number of aryl methyl sites for hydroxylation is 1. The number of fused-ring (bicyclic) bond motifs is 1. The highest BCUT2D eigenvalue weighted by Gasteiger charge is 2.10. The maximum Gasteiger partial charge on any atom is 0.234 e. The minimum Gasteiger partial charge on any atom is -0.308 e. The van der Waals surface area contributed by atoms with E-state index in [9.17, 15) is 0 Å². The third-order valence-corrected chi connectivity index (χ3v) is 3.53. The Bertz CT molecular complexity index is 461. The van der Waals surface area contributed by atoms with Gasteiger partial charge < -0.3 is 5.32 Å². The largest absolute Gasteiger partial charge is 0.308 e. The summed E-state index contributed by atoms with van der Waals surface area (Å²) in [6.07, 6.45) is 1.99. The third-order valence-electron chi connectivity index (χ3n) is 2.63. The zero-order valence-corrected chi connectivity index (χ0v) is 10.7. The number of hydrogen-bond donors (Lipinski definition) is 1. The van der Waals surface area contributed by atoms with Crippen molar-refractivity contribution in [3.8, 4) is 0 Å². The molecule has 5 nitrogen and oxygen atoms in total. The van der Waals surface area contributed by atoms with Crippen LogP contribution in [0.1, 0.15) is 38.0 Å². The summed E-state index contributed by atoms with van der Waals surface area (Å²) < 4.78 is 1.85. The van der Waals surface area contributed by atoms with E-state index in [1.165, 1.54) is 0 Å². The molecule has 1 atom stereocenters. The topological polar surface area (TPSA) is 55.1 Å². The molecule has 1 unspecified atom stereocenters. The molecule has 2 heterocycles. The van der Waals surface area contributed by atoms with E-state index in [0.717, 1.165) is 35.2 Å². The molecule has 0 aliphatic carbocycles. The summed E-state index contributed by atoms with van der Waals surface area (Å²) in [4.78, 5) is 0.887. The first-order valence-electron chi connectivity index (χ1n) is 5.68. The Morgan fingerprint density at radius 1 is 1.38 bits per heavy atom. The lowest BCUT2D eigenvalue weighted by Gasteiger charge is -2.08. The fourth-order valence-electron chi connectivity index (χ4n) is 1.39. The van der Waals surface area contributed by atoms with E-state index < -0.39 is 0 Å². The van der Waals surface area contributed by atoms with Gasteiger partial charge in [0.1, 0.15) is 5.01 Å². The van der Waals surface area contributed by atoms with Gasteiger partial charge in [0.25, 0.3) is 0 Å². The Morgan fingerprint density at radius 3 is 2.88 bits per heavy atom. The number of rotatable bonds is 5. The second kappa shape index (κ2) is 4.88. The Labute approximate surface area is 98.9 Å². The van der Waals surface area contributed by atoms with E-state index in [0.29, 0.717) is 6.04 Å². The van der Waals surface area contributed by atoms with Crippen molar-refractivity contribution in [2.45, 2.75) is 46.2 Å². The van der Waals surface area contributed by atoms with Crippen LogP contribution in [0.5, 0.6) is 0 Å². The van der Waals surface area contributed by atoms with Gasteiger partial charge in [0.2, 0.25) is 4.96 Å². The Balaban J connectivity index is 2.11. The van der Waals surface area contributed by atoms with Crippen LogP contribution >= 0.6 is 11.3 Å². The molecule has 1 N–H and O–H groups in total. The number of hydrogen-bond acceptors (Lipinski definition) is 5. The van der Waals surface area contributed by atoms with Gasteiger partial charge in [-0.05, 0) is 13.3 Å². The molecule has 0 aliphatic rings. The van der Waals surface area contributed by atoms with Crippen LogP contribution in [-0.2, 0) is 13.0 Å². The molecule has 2 rings (SSSR count). The lowest BCUT2D eigenvalue weighted by atomic mass is 10.3. The molecular weight excluding hydrogens is 222 g/mol. The maximum atomic E-state index is 4.50. The summed E-state index contributed by atoms with van der Waals surface area (Å²) in [6, 6.07) is 0.528. The monoisotopic (exact) mass is 239 g/mol. The quantitative estimate of drug-likeness (QED) is 0.861. The number of nitrogens with one attached hydrogen (secondary N) is 1. The van der Waals surface area contributed by atoms with E-state index in [2.05, 4.69) is 41.4 Å². The molecule has 0 saturated heterocycles. The van der Waals surface area contributed by atoms with Crippen LogP contribution in [0.2, 0.25) is 0 Å². The first-order valence-corrected chi connectivity index (χ1v) is 6.49. The lowest BCUT2D eigenvalue weighted by Crippen LogP contribution is -2.24. The summed E-state index contributed by atoms with van der Waals surface area (Å²) in [6.45, 7) is 7.22. The van der Waals surface area contributed by atoms with Crippen LogP contribution in [0.15, 0.2) is 0 Å². The summed E-state index contributed by atoms with van der Waals surface area (Å²) in [7, 11) is 0. The van der Waals surface area contributed by atoms with Gasteiger partial charge in [-0.3, -0.25) is 0 Å². The zero-order valence-electron chi connectivity index (χ0n) is 9.90. The molecule has 0 spiro atoms. The summed E-state index contributed by atoms with van der Waals surface area (Å²) in [5, 5.41) is 17.2. The van der Waals surface area contributed by atoms with Crippen LogP contribution in [0.3, 0.4) is 0 Å². The van der Waals surface area contributed by atoms with Crippen molar-refractivity contribution in [1.29, 1.82) is 0 Å². The summed E-state index contributed by atoms with van der Waals surface area (Å²) in [5.74, 6) is 0.932. The van der Waals surface area contributed by atoms with Crippen molar-refractivity contribution >= 4 is 16.3 Å². The maximum absolute atomic E-state index is 4.50. The van der Waals surface area contributed by atoms with Gasteiger partial charge in [0.15, 0.2) is 5.82 Å². The van der Waals surface area contributed by atoms with Gasteiger partial charge in [0.05, 0.1) is 0 Å². The minimum atomic E-state index is 0.528. The number of nitrogens with zero attached hydrogens (tertiary/aromatic N) is 4. The lowest BCUT2D eigenvalue weighted by molar-refractivity contribution is 0.530. The van der Waals surface area contributed by atoms with Crippen molar-refractivity contribution in [2.75, 3.05) is 0 Å². The molecule has 88 valence electrons. The fourth-order valence-corrected chi connectivity index (χ4v) is 2.20. The molecule has 0 radical (unpaired) electrons. The van der Waals surface area contributed by atoms with Crippen LogP contribution in [0, 0.1) is 0 Å². The SMILES string of the molecule is CCc1nnc2sc(CNC(C)CC)nn12. The van der Waals surface area contributed by atoms with Gasteiger partial charge in [-0.15, -0.1) is 10.2 Å². The first kappa shape index (κ1) is 11.5. The van der Waals surface area contributed by atoms with E-state index >= 15 is 0 Å². The molecule has 0 amide bonds. The molecule has 6 heteroatoms. The molecule has 0 aromatic carbocycles. The summed E-state index contributed by atoms with van der Waals surface area (Å²) in [5.41, 5.74) is 0. The highest BCUT2D eigenvalue weighted by molar-refractivity contribution is 7.16. The van der Waals surface area contributed by atoms with E-state index in [1.54, 1.807) is 11.3 Å². The Morgan fingerprint density at radius 2 is 2.19 bits per heavy atom. The molecule has 16 heavy (non-hydrogen) atoms. The average molecular weight is 239 g/mol. The molecule has 2 aromatic rings. The Hall–Kier alpha value is -1.01. The normalized spacial score (nSPS) is 13.4. The zero-order chi connectivity index (χ0) is 11.5. The highest BCUT2D eigenvalue weighted by atomic mass is 32.1. The molecule has 0 saturated carbocycles. The number of aromatic nitrogens is 4. The molecule has 0 aliphatic heterocycles.